The second-order valence-corrected chi connectivity index (χ2v) is 7.49. The predicted octanol–water partition coefficient (Wildman–Crippen LogP) is 3.51. The Morgan fingerprint density at radius 1 is 1.19 bits per heavy atom. The minimum atomic E-state index is -0.281. The third-order valence-corrected chi connectivity index (χ3v) is 5.12. The third-order valence-electron chi connectivity index (χ3n) is 5.12. The number of nitrogens with zero attached hydrogens (tertiary/aromatic N) is 4. The fourth-order valence-electron chi connectivity index (χ4n) is 3.56. The molecule has 0 aliphatic carbocycles. The number of fused-ring (bicyclic) bond motifs is 1. The Bertz CT molecular complexity index is 1240. The molecule has 0 spiro atoms. The van der Waals surface area contributed by atoms with Gasteiger partial charge in [-0.1, -0.05) is 0 Å². The second kappa shape index (κ2) is 8.51. The zero-order valence-corrected chi connectivity index (χ0v) is 17.6. The third kappa shape index (κ3) is 4.23. The van der Waals surface area contributed by atoms with E-state index >= 15 is 0 Å². The maximum atomic E-state index is 13.7. The van der Waals surface area contributed by atoms with Gasteiger partial charge in [-0.25, -0.2) is 14.4 Å². The zero-order valence-electron chi connectivity index (χ0n) is 17.6. The Balaban J connectivity index is 1.56. The molecule has 7 nitrogen and oxygen atoms in total. The van der Waals surface area contributed by atoms with Gasteiger partial charge in [0.05, 0.1) is 11.3 Å². The first-order valence-corrected chi connectivity index (χ1v) is 9.93. The van der Waals surface area contributed by atoms with Crippen LogP contribution in [0.5, 0.6) is 0 Å². The average molecular weight is 418 g/mol. The van der Waals surface area contributed by atoms with Crippen molar-refractivity contribution in [3.63, 3.8) is 0 Å². The van der Waals surface area contributed by atoms with Crippen molar-refractivity contribution in [1.29, 1.82) is 0 Å². The molecule has 4 rings (SSSR count). The number of rotatable bonds is 6. The molecule has 158 valence electrons. The summed E-state index contributed by atoms with van der Waals surface area (Å²) in [6.07, 6.45) is 5.43. The Morgan fingerprint density at radius 3 is 2.71 bits per heavy atom. The quantitative estimate of drug-likeness (QED) is 0.500. The zero-order chi connectivity index (χ0) is 22.0. The van der Waals surface area contributed by atoms with Crippen LogP contribution in [0.1, 0.15) is 21.6 Å². The number of aryl methyl sites for hydroxylation is 1. The number of hydrogen-bond donors (Lipinski definition) is 2. The van der Waals surface area contributed by atoms with Gasteiger partial charge in [0, 0.05) is 61.4 Å². The lowest BCUT2D eigenvalue weighted by Gasteiger charge is -2.14. The van der Waals surface area contributed by atoms with Crippen LogP contribution in [0.2, 0.25) is 0 Å². The van der Waals surface area contributed by atoms with E-state index < -0.39 is 0 Å². The molecule has 0 saturated carbocycles. The van der Waals surface area contributed by atoms with Gasteiger partial charge < -0.3 is 15.2 Å². The van der Waals surface area contributed by atoms with Crippen molar-refractivity contribution in [1.82, 2.24) is 25.3 Å². The first-order chi connectivity index (χ1) is 14.9. The van der Waals surface area contributed by atoms with Gasteiger partial charge in [0.15, 0.2) is 0 Å². The molecular weight excluding hydrogens is 395 g/mol. The highest BCUT2D eigenvalue weighted by Crippen LogP contribution is 2.24. The highest BCUT2D eigenvalue weighted by molar-refractivity contribution is 5.99. The molecule has 1 aromatic carbocycles. The highest BCUT2D eigenvalue weighted by atomic mass is 19.1. The maximum Gasteiger partial charge on any atom is 0.255 e. The van der Waals surface area contributed by atoms with Crippen LogP contribution < -0.4 is 10.2 Å². The fraction of sp³-hybridized carbons (Fsp3) is 0.217. The van der Waals surface area contributed by atoms with Crippen molar-refractivity contribution in [3.05, 3.63) is 71.6 Å². The number of amides is 1. The first kappa shape index (κ1) is 20.5. The number of carbonyl (C=O) groups is 1. The van der Waals surface area contributed by atoms with E-state index in [2.05, 4.69) is 25.3 Å². The van der Waals surface area contributed by atoms with Gasteiger partial charge in [0.25, 0.3) is 5.91 Å². The Hall–Kier alpha value is -3.81. The number of halogens is 1. The van der Waals surface area contributed by atoms with E-state index in [0.29, 0.717) is 30.2 Å². The minimum Gasteiger partial charge on any atom is -0.358 e. The summed E-state index contributed by atoms with van der Waals surface area (Å²) in [6.45, 7) is 2.35. The number of nitrogens with one attached hydrogen (secondary N) is 2. The molecule has 0 unspecified atom stereocenters. The topological polar surface area (TPSA) is 86.8 Å². The first-order valence-electron chi connectivity index (χ1n) is 9.93. The maximum absolute atomic E-state index is 13.7. The van der Waals surface area contributed by atoms with Crippen molar-refractivity contribution in [2.24, 2.45) is 0 Å². The van der Waals surface area contributed by atoms with Crippen LogP contribution in [-0.4, -0.2) is 46.5 Å². The molecule has 0 bridgehead atoms. The van der Waals surface area contributed by atoms with Gasteiger partial charge in [0.1, 0.15) is 5.82 Å². The molecule has 4 aromatic rings. The van der Waals surface area contributed by atoms with Gasteiger partial charge >= 0.3 is 0 Å². The van der Waals surface area contributed by atoms with E-state index in [4.69, 9.17) is 0 Å². The molecule has 0 atom stereocenters. The summed E-state index contributed by atoms with van der Waals surface area (Å²) in [4.78, 5) is 30.9. The van der Waals surface area contributed by atoms with Crippen molar-refractivity contribution in [3.8, 4) is 11.3 Å². The van der Waals surface area contributed by atoms with E-state index in [1.165, 1.54) is 12.1 Å². The van der Waals surface area contributed by atoms with E-state index in [1.807, 2.05) is 33.2 Å². The van der Waals surface area contributed by atoms with Crippen LogP contribution in [0.3, 0.4) is 0 Å². The number of carbonyl (C=O) groups excluding carboxylic acids is 1. The van der Waals surface area contributed by atoms with Crippen molar-refractivity contribution in [2.45, 2.75) is 13.3 Å². The van der Waals surface area contributed by atoms with Crippen molar-refractivity contribution < 1.29 is 9.18 Å². The molecule has 8 heteroatoms. The number of aromatic nitrogens is 4. The van der Waals surface area contributed by atoms with Crippen LogP contribution in [0.25, 0.3) is 22.2 Å². The summed E-state index contributed by atoms with van der Waals surface area (Å²) in [5.74, 6) is -0.0301. The summed E-state index contributed by atoms with van der Waals surface area (Å²) in [5.41, 5.74) is 4.55. The molecule has 0 aliphatic heterocycles. The molecule has 2 N–H and O–H groups in total. The van der Waals surface area contributed by atoms with Gasteiger partial charge in [-0.15, -0.1) is 0 Å². The summed E-state index contributed by atoms with van der Waals surface area (Å²) < 4.78 is 13.7. The van der Waals surface area contributed by atoms with Gasteiger partial charge in [0.2, 0.25) is 5.95 Å². The molecule has 0 saturated heterocycles. The SMILES string of the molecule is Cc1[nH]c2ccc(F)cc2c1CCNC(=O)c1cnc(N(C)C)nc1-c1ccncc1. The lowest BCUT2D eigenvalue weighted by molar-refractivity contribution is 0.0954. The molecule has 31 heavy (non-hydrogen) atoms. The number of H-pyrrole nitrogens is 1. The van der Waals surface area contributed by atoms with Crippen LogP contribution in [-0.2, 0) is 6.42 Å². The van der Waals surface area contributed by atoms with E-state index in [9.17, 15) is 9.18 Å². The van der Waals surface area contributed by atoms with Crippen LogP contribution in [0.15, 0.2) is 48.9 Å². The summed E-state index contributed by atoms with van der Waals surface area (Å²) in [5, 5.41) is 3.78. The Kier molecular flexibility index (Phi) is 5.62. The predicted molar refractivity (Wildman–Crippen MR) is 119 cm³/mol. The summed E-state index contributed by atoms with van der Waals surface area (Å²) in [6, 6.07) is 8.29. The molecule has 3 heterocycles. The second-order valence-electron chi connectivity index (χ2n) is 7.49. The molecular formula is C23H23FN6O. The van der Waals surface area contributed by atoms with E-state index in [0.717, 1.165) is 27.7 Å². The van der Waals surface area contributed by atoms with Crippen LogP contribution >= 0.6 is 0 Å². The lowest BCUT2D eigenvalue weighted by Crippen LogP contribution is -2.27. The average Bonchev–Trinajstić information content (AvgIpc) is 3.08. The van der Waals surface area contributed by atoms with Crippen LogP contribution in [0, 0.1) is 12.7 Å². The number of pyridine rings is 1. The monoisotopic (exact) mass is 418 g/mol. The van der Waals surface area contributed by atoms with Gasteiger partial charge in [-0.3, -0.25) is 9.78 Å². The minimum absolute atomic E-state index is 0.263. The largest absolute Gasteiger partial charge is 0.358 e. The van der Waals surface area contributed by atoms with Gasteiger partial charge in [-0.2, -0.15) is 0 Å². The molecule has 1 amide bonds. The molecule has 3 aromatic heterocycles. The smallest absolute Gasteiger partial charge is 0.255 e. The summed E-state index contributed by atoms with van der Waals surface area (Å²) in [7, 11) is 3.69. The van der Waals surface area contributed by atoms with Crippen molar-refractivity contribution >= 4 is 22.8 Å². The number of hydrogen-bond acceptors (Lipinski definition) is 5. The Labute approximate surface area is 179 Å². The molecule has 0 aliphatic rings. The molecule has 0 fully saturated rings. The van der Waals surface area contributed by atoms with E-state index in [-0.39, 0.29) is 11.7 Å². The standard InChI is InChI=1S/C23H23FN6O/c1-14-17(18-12-16(24)4-5-20(18)28-14)8-11-26-22(31)19-13-27-23(30(2)3)29-21(19)15-6-9-25-10-7-15/h4-7,9-10,12-13,28H,8,11H2,1-3H3,(H,26,31). The molecule has 0 radical (unpaired) electrons. The van der Waals surface area contributed by atoms with Crippen LogP contribution in [0.4, 0.5) is 10.3 Å². The Morgan fingerprint density at radius 2 is 1.97 bits per heavy atom. The normalized spacial score (nSPS) is 11.0. The number of aromatic amines is 1. The van der Waals surface area contributed by atoms with E-state index in [1.54, 1.807) is 29.6 Å². The number of anilines is 1. The highest BCUT2D eigenvalue weighted by Gasteiger charge is 2.17. The summed E-state index contributed by atoms with van der Waals surface area (Å²) >= 11 is 0. The van der Waals surface area contributed by atoms with Gasteiger partial charge in [-0.05, 0) is 49.2 Å². The fourth-order valence-corrected chi connectivity index (χ4v) is 3.56. The number of benzene rings is 1. The lowest BCUT2D eigenvalue weighted by atomic mass is 10.1. The van der Waals surface area contributed by atoms with Crippen molar-refractivity contribution in [2.75, 3.05) is 25.5 Å².